The third-order valence-electron chi connectivity index (χ3n) is 4.94. The number of fused-ring (bicyclic) bond motifs is 1. The Morgan fingerprint density at radius 3 is 2.79 bits per heavy atom. The Kier molecular flexibility index (Phi) is 6.73. The molecule has 1 aliphatic heterocycles. The van der Waals surface area contributed by atoms with Crippen LogP contribution in [-0.2, 0) is 16.0 Å². The normalized spacial score (nSPS) is 14.0. The van der Waals surface area contributed by atoms with Gasteiger partial charge in [0.2, 0.25) is 5.91 Å². The number of hydrogen-bond donors (Lipinski definition) is 1. The van der Waals surface area contributed by atoms with Gasteiger partial charge < -0.3 is 15.0 Å². The van der Waals surface area contributed by atoms with Crippen LogP contribution in [0.1, 0.15) is 43.9 Å². The largest absolute Gasteiger partial charge is 0.484 e. The van der Waals surface area contributed by atoms with Crippen LogP contribution in [-0.4, -0.2) is 29.9 Å². The van der Waals surface area contributed by atoms with Gasteiger partial charge in [0, 0.05) is 23.1 Å². The number of ether oxygens (including phenoxy) is 1. The van der Waals surface area contributed by atoms with Gasteiger partial charge in [0.25, 0.3) is 5.91 Å². The predicted octanol–water partition coefficient (Wildman–Crippen LogP) is 4.71. The van der Waals surface area contributed by atoms with Gasteiger partial charge >= 0.3 is 0 Å². The zero-order chi connectivity index (χ0) is 20.1. The lowest BCUT2D eigenvalue weighted by molar-refractivity contribution is -0.135. The van der Waals surface area contributed by atoms with Crippen LogP contribution in [0.4, 0.5) is 5.69 Å². The lowest BCUT2D eigenvalue weighted by Crippen LogP contribution is -2.37. The van der Waals surface area contributed by atoms with Crippen molar-refractivity contribution in [2.75, 3.05) is 18.5 Å². The average molecular weight is 445 g/mol. The molecule has 0 aliphatic carbocycles. The van der Waals surface area contributed by atoms with Crippen molar-refractivity contribution in [3.05, 3.63) is 58.1 Å². The summed E-state index contributed by atoms with van der Waals surface area (Å²) in [6, 6.07) is 13.4. The zero-order valence-electron chi connectivity index (χ0n) is 16.2. The van der Waals surface area contributed by atoms with Gasteiger partial charge in [0.1, 0.15) is 5.75 Å². The van der Waals surface area contributed by atoms with E-state index in [2.05, 4.69) is 28.2 Å². The Labute approximate surface area is 174 Å². The second kappa shape index (κ2) is 9.24. The number of nitrogens with one attached hydrogen (secondary N) is 1. The van der Waals surface area contributed by atoms with Crippen molar-refractivity contribution in [3.8, 4) is 5.75 Å². The molecule has 0 radical (unpaired) electrons. The van der Waals surface area contributed by atoms with E-state index >= 15 is 0 Å². The molecule has 2 aromatic carbocycles. The maximum absolute atomic E-state index is 12.9. The van der Waals surface area contributed by atoms with E-state index in [0.717, 1.165) is 27.7 Å². The first-order valence-corrected chi connectivity index (χ1v) is 10.4. The number of amides is 2. The Balaban J connectivity index is 1.68. The molecule has 5 nitrogen and oxygen atoms in total. The second-order valence-corrected chi connectivity index (χ2v) is 7.79. The van der Waals surface area contributed by atoms with E-state index < -0.39 is 0 Å². The highest BCUT2D eigenvalue weighted by Gasteiger charge is 2.23. The molecule has 3 rings (SSSR count). The summed E-state index contributed by atoms with van der Waals surface area (Å²) in [5, 5.41) is 2.85. The lowest BCUT2D eigenvalue weighted by Gasteiger charge is -2.30. The molecule has 0 spiro atoms. The van der Waals surface area contributed by atoms with Crippen LogP contribution in [0.15, 0.2) is 46.9 Å². The van der Waals surface area contributed by atoms with Gasteiger partial charge in [0.05, 0.1) is 6.04 Å². The molecule has 0 saturated heterocycles. The maximum Gasteiger partial charge on any atom is 0.261 e. The number of anilines is 1. The molecule has 0 saturated carbocycles. The van der Waals surface area contributed by atoms with Gasteiger partial charge in [-0.1, -0.05) is 41.1 Å². The van der Waals surface area contributed by atoms with E-state index in [1.807, 2.05) is 48.2 Å². The van der Waals surface area contributed by atoms with Crippen LogP contribution in [0.3, 0.4) is 0 Å². The summed E-state index contributed by atoms with van der Waals surface area (Å²) in [6.07, 6.45) is 2.04. The molecule has 2 aromatic rings. The third-order valence-corrected chi connectivity index (χ3v) is 5.66. The molecule has 0 fully saturated rings. The highest BCUT2D eigenvalue weighted by molar-refractivity contribution is 9.10. The van der Waals surface area contributed by atoms with Crippen LogP contribution in [0.25, 0.3) is 0 Å². The van der Waals surface area contributed by atoms with Crippen molar-refractivity contribution in [1.82, 2.24) is 4.90 Å². The van der Waals surface area contributed by atoms with Gasteiger partial charge in [0.15, 0.2) is 6.61 Å². The Morgan fingerprint density at radius 2 is 2.04 bits per heavy atom. The van der Waals surface area contributed by atoms with Gasteiger partial charge in [-0.3, -0.25) is 9.59 Å². The monoisotopic (exact) mass is 444 g/mol. The molecule has 28 heavy (non-hydrogen) atoms. The van der Waals surface area contributed by atoms with Crippen molar-refractivity contribution in [1.29, 1.82) is 0 Å². The van der Waals surface area contributed by atoms with Crippen molar-refractivity contribution < 1.29 is 14.3 Å². The van der Waals surface area contributed by atoms with E-state index in [1.165, 1.54) is 0 Å². The molecule has 1 heterocycles. The van der Waals surface area contributed by atoms with E-state index in [1.54, 1.807) is 6.07 Å². The van der Waals surface area contributed by atoms with Crippen LogP contribution in [0, 0.1) is 0 Å². The minimum absolute atomic E-state index is 0.0139. The number of halogens is 1. The van der Waals surface area contributed by atoms with Crippen LogP contribution < -0.4 is 10.1 Å². The lowest BCUT2D eigenvalue weighted by atomic mass is 10.0. The van der Waals surface area contributed by atoms with Crippen molar-refractivity contribution in [2.45, 2.75) is 39.2 Å². The SMILES string of the molecule is CCCN(C(=O)COc1ccc2c(c1)CCC(=O)N2)C(C)c1ccccc1Br. The topological polar surface area (TPSA) is 58.6 Å². The third kappa shape index (κ3) is 4.73. The second-order valence-electron chi connectivity index (χ2n) is 6.94. The number of aryl methyl sites for hydroxylation is 1. The fourth-order valence-corrected chi connectivity index (χ4v) is 4.05. The summed E-state index contributed by atoms with van der Waals surface area (Å²) < 4.78 is 6.78. The van der Waals surface area contributed by atoms with Crippen LogP contribution >= 0.6 is 15.9 Å². The molecule has 2 amide bonds. The molecule has 6 heteroatoms. The number of nitrogens with zero attached hydrogens (tertiary/aromatic N) is 1. The van der Waals surface area contributed by atoms with Crippen LogP contribution in [0.5, 0.6) is 5.75 Å². The van der Waals surface area contributed by atoms with Gasteiger partial charge in [-0.2, -0.15) is 0 Å². The fraction of sp³-hybridized carbons (Fsp3) is 0.364. The number of carbonyl (C=O) groups excluding carboxylic acids is 2. The molecular weight excluding hydrogens is 420 g/mol. The molecule has 1 N–H and O–H groups in total. The summed E-state index contributed by atoms with van der Waals surface area (Å²) in [5.41, 5.74) is 2.94. The molecule has 1 aliphatic rings. The molecule has 0 bridgehead atoms. The minimum Gasteiger partial charge on any atom is -0.484 e. The van der Waals surface area contributed by atoms with Crippen molar-refractivity contribution in [3.63, 3.8) is 0 Å². The quantitative estimate of drug-likeness (QED) is 0.672. The molecule has 1 atom stereocenters. The Morgan fingerprint density at radius 1 is 1.25 bits per heavy atom. The first-order valence-electron chi connectivity index (χ1n) is 9.59. The summed E-state index contributed by atoms with van der Waals surface area (Å²) in [6.45, 7) is 4.75. The zero-order valence-corrected chi connectivity index (χ0v) is 17.8. The van der Waals surface area contributed by atoms with Crippen molar-refractivity contribution in [2.24, 2.45) is 0 Å². The highest BCUT2D eigenvalue weighted by Crippen LogP contribution is 2.29. The molecular formula is C22H25BrN2O3. The number of rotatable bonds is 7. The van der Waals surface area contributed by atoms with E-state index in [0.29, 0.717) is 25.1 Å². The average Bonchev–Trinajstić information content (AvgIpc) is 2.70. The van der Waals surface area contributed by atoms with E-state index in [-0.39, 0.29) is 24.5 Å². The standard InChI is InChI=1S/C22H25BrN2O3/c1-3-12-25(15(2)18-6-4-5-7-19(18)23)22(27)14-28-17-9-10-20-16(13-17)8-11-21(26)24-20/h4-7,9-10,13,15H,3,8,11-12,14H2,1-2H3,(H,24,26). The fourth-order valence-electron chi connectivity index (χ4n) is 3.43. The molecule has 1 unspecified atom stereocenters. The van der Waals surface area contributed by atoms with Crippen LogP contribution in [0.2, 0.25) is 0 Å². The number of hydrogen-bond acceptors (Lipinski definition) is 3. The van der Waals surface area contributed by atoms with Gasteiger partial charge in [-0.15, -0.1) is 0 Å². The summed E-state index contributed by atoms with van der Waals surface area (Å²) in [5.74, 6) is 0.636. The van der Waals surface area contributed by atoms with Gasteiger partial charge in [-0.25, -0.2) is 0 Å². The van der Waals surface area contributed by atoms with E-state index in [9.17, 15) is 9.59 Å². The minimum atomic E-state index is -0.0506. The maximum atomic E-state index is 12.9. The molecule has 148 valence electrons. The number of carbonyl (C=O) groups is 2. The summed E-state index contributed by atoms with van der Waals surface area (Å²) >= 11 is 3.58. The summed E-state index contributed by atoms with van der Waals surface area (Å²) in [7, 11) is 0. The van der Waals surface area contributed by atoms with E-state index in [4.69, 9.17) is 4.74 Å². The smallest absolute Gasteiger partial charge is 0.261 e. The van der Waals surface area contributed by atoms with Crippen molar-refractivity contribution >= 4 is 33.4 Å². The Bertz CT molecular complexity index is 869. The molecule has 0 aromatic heterocycles. The van der Waals surface area contributed by atoms with Gasteiger partial charge in [-0.05, 0) is 55.2 Å². The highest BCUT2D eigenvalue weighted by atomic mass is 79.9. The predicted molar refractivity (Wildman–Crippen MR) is 113 cm³/mol. The first-order chi connectivity index (χ1) is 13.5. The Hall–Kier alpha value is -2.34. The first kappa shape index (κ1) is 20.4. The number of benzene rings is 2. The summed E-state index contributed by atoms with van der Waals surface area (Å²) in [4.78, 5) is 26.2.